The lowest BCUT2D eigenvalue weighted by molar-refractivity contribution is 0.292. The summed E-state index contributed by atoms with van der Waals surface area (Å²) in [6.45, 7) is 0.788. The number of benzene rings is 1. The van der Waals surface area contributed by atoms with Crippen molar-refractivity contribution in [1.82, 2.24) is 0 Å². The van der Waals surface area contributed by atoms with Crippen LogP contribution in [-0.4, -0.2) is 18.3 Å². The van der Waals surface area contributed by atoms with Crippen LogP contribution in [0, 0.1) is 5.82 Å². The Labute approximate surface area is 84.9 Å². The molecule has 4 heteroatoms. The SMILES string of the molecule is OCCCNc1cc(F)cc(Br)c1. The first-order valence-corrected chi connectivity index (χ1v) is 4.82. The van der Waals surface area contributed by atoms with E-state index in [1.165, 1.54) is 12.1 Å². The molecular formula is C9H11BrFNO. The summed E-state index contributed by atoms with van der Waals surface area (Å²) < 4.78 is 13.5. The third-order valence-electron chi connectivity index (χ3n) is 1.53. The van der Waals surface area contributed by atoms with Crippen LogP contribution >= 0.6 is 15.9 Å². The van der Waals surface area contributed by atoms with Crippen LogP contribution in [0.3, 0.4) is 0 Å². The largest absolute Gasteiger partial charge is 0.396 e. The first-order chi connectivity index (χ1) is 6.22. The fourth-order valence-electron chi connectivity index (χ4n) is 0.968. The number of hydrogen-bond donors (Lipinski definition) is 2. The third-order valence-corrected chi connectivity index (χ3v) is 1.98. The minimum atomic E-state index is -0.277. The average molecular weight is 248 g/mol. The molecule has 2 nitrogen and oxygen atoms in total. The highest BCUT2D eigenvalue weighted by Gasteiger charge is 1.97. The van der Waals surface area contributed by atoms with Crippen molar-refractivity contribution in [3.05, 3.63) is 28.5 Å². The van der Waals surface area contributed by atoms with Crippen LogP contribution in [0.15, 0.2) is 22.7 Å². The highest BCUT2D eigenvalue weighted by atomic mass is 79.9. The maximum Gasteiger partial charge on any atom is 0.126 e. The van der Waals surface area contributed by atoms with Crippen LogP contribution < -0.4 is 5.32 Å². The Morgan fingerprint density at radius 2 is 2.15 bits per heavy atom. The van der Waals surface area contributed by atoms with Gasteiger partial charge in [0.25, 0.3) is 0 Å². The van der Waals surface area contributed by atoms with Gasteiger partial charge in [-0.15, -0.1) is 0 Å². The number of rotatable bonds is 4. The van der Waals surface area contributed by atoms with E-state index >= 15 is 0 Å². The Kier molecular flexibility index (Phi) is 4.18. The second kappa shape index (κ2) is 5.19. The molecule has 0 aliphatic rings. The molecule has 0 unspecified atom stereocenters. The molecule has 13 heavy (non-hydrogen) atoms. The Hall–Kier alpha value is -0.610. The summed E-state index contributed by atoms with van der Waals surface area (Å²) in [4.78, 5) is 0. The molecule has 0 bridgehead atoms. The Balaban J connectivity index is 2.56. The Morgan fingerprint density at radius 3 is 2.77 bits per heavy atom. The first kappa shape index (κ1) is 10.5. The molecule has 0 saturated carbocycles. The molecule has 0 aliphatic heterocycles. The van der Waals surface area contributed by atoms with Crippen LogP contribution in [0.2, 0.25) is 0 Å². The zero-order chi connectivity index (χ0) is 9.68. The summed E-state index contributed by atoms with van der Waals surface area (Å²) in [5, 5.41) is 11.5. The van der Waals surface area contributed by atoms with Crippen molar-refractivity contribution < 1.29 is 9.50 Å². The van der Waals surface area contributed by atoms with Crippen LogP contribution in [0.5, 0.6) is 0 Å². The summed E-state index contributed by atoms with van der Waals surface area (Å²) in [5.41, 5.74) is 0.723. The molecule has 2 N–H and O–H groups in total. The van der Waals surface area contributed by atoms with Crippen molar-refractivity contribution in [1.29, 1.82) is 0 Å². The van der Waals surface area contributed by atoms with E-state index in [9.17, 15) is 4.39 Å². The summed E-state index contributed by atoms with van der Waals surface area (Å²) in [5.74, 6) is -0.277. The monoisotopic (exact) mass is 247 g/mol. The van der Waals surface area contributed by atoms with E-state index in [4.69, 9.17) is 5.11 Å². The zero-order valence-electron chi connectivity index (χ0n) is 7.06. The molecule has 0 aromatic heterocycles. The molecule has 1 aromatic rings. The lowest BCUT2D eigenvalue weighted by Gasteiger charge is -2.05. The van der Waals surface area contributed by atoms with Gasteiger partial charge >= 0.3 is 0 Å². The van der Waals surface area contributed by atoms with Crippen LogP contribution in [-0.2, 0) is 0 Å². The molecule has 72 valence electrons. The number of halogens is 2. The maximum atomic E-state index is 12.8. The molecule has 0 spiro atoms. The van der Waals surface area contributed by atoms with Crippen LogP contribution in [0.1, 0.15) is 6.42 Å². The van der Waals surface area contributed by atoms with Crippen molar-refractivity contribution in [2.45, 2.75) is 6.42 Å². The fourth-order valence-corrected chi connectivity index (χ4v) is 1.43. The molecule has 0 heterocycles. The van der Waals surface area contributed by atoms with Gasteiger partial charge in [-0.1, -0.05) is 15.9 Å². The van der Waals surface area contributed by atoms with E-state index < -0.39 is 0 Å². The molecule has 1 rings (SSSR count). The van der Waals surface area contributed by atoms with E-state index in [0.29, 0.717) is 17.4 Å². The Morgan fingerprint density at radius 1 is 1.38 bits per heavy atom. The van der Waals surface area contributed by atoms with Crippen molar-refractivity contribution >= 4 is 21.6 Å². The second-order valence-electron chi connectivity index (χ2n) is 2.66. The predicted molar refractivity (Wildman–Crippen MR) is 54.3 cm³/mol. The molecule has 1 aromatic carbocycles. The smallest absolute Gasteiger partial charge is 0.126 e. The number of aliphatic hydroxyl groups excluding tert-OH is 1. The van der Waals surface area contributed by atoms with Crippen LogP contribution in [0.4, 0.5) is 10.1 Å². The highest BCUT2D eigenvalue weighted by molar-refractivity contribution is 9.10. The molecule has 0 radical (unpaired) electrons. The predicted octanol–water partition coefficient (Wildman–Crippen LogP) is 2.38. The van der Waals surface area contributed by atoms with E-state index in [0.717, 1.165) is 5.69 Å². The summed E-state index contributed by atoms with van der Waals surface area (Å²) in [7, 11) is 0. The molecule has 0 atom stereocenters. The summed E-state index contributed by atoms with van der Waals surface area (Å²) >= 11 is 3.19. The minimum Gasteiger partial charge on any atom is -0.396 e. The van der Waals surface area contributed by atoms with Gasteiger partial charge in [-0.3, -0.25) is 0 Å². The number of nitrogens with one attached hydrogen (secondary N) is 1. The summed E-state index contributed by atoms with van der Waals surface area (Å²) in [6, 6.07) is 4.61. The highest BCUT2D eigenvalue weighted by Crippen LogP contribution is 2.18. The van der Waals surface area contributed by atoms with Crippen LogP contribution in [0.25, 0.3) is 0 Å². The maximum absolute atomic E-state index is 12.8. The van der Waals surface area contributed by atoms with Gasteiger partial charge in [-0.25, -0.2) is 4.39 Å². The van der Waals surface area contributed by atoms with Gasteiger partial charge in [0, 0.05) is 23.3 Å². The third kappa shape index (κ3) is 3.74. The normalized spacial score (nSPS) is 10.1. The van der Waals surface area contributed by atoms with Gasteiger partial charge in [0.1, 0.15) is 5.82 Å². The van der Waals surface area contributed by atoms with Gasteiger partial charge in [0.05, 0.1) is 0 Å². The quantitative estimate of drug-likeness (QED) is 0.802. The topological polar surface area (TPSA) is 32.3 Å². The minimum absolute atomic E-state index is 0.142. The van der Waals surface area contributed by atoms with Crippen molar-refractivity contribution in [2.75, 3.05) is 18.5 Å². The Bertz CT molecular complexity index is 260. The van der Waals surface area contributed by atoms with Crippen molar-refractivity contribution in [2.24, 2.45) is 0 Å². The summed E-state index contributed by atoms with van der Waals surface area (Å²) in [6.07, 6.45) is 0.661. The molecule has 0 fully saturated rings. The molecule has 0 aliphatic carbocycles. The zero-order valence-corrected chi connectivity index (χ0v) is 8.64. The van der Waals surface area contributed by atoms with Gasteiger partial charge in [0.15, 0.2) is 0 Å². The van der Waals surface area contributed by atoms with E-state index in [-0.39, 0.29) is 12.4 Å². The average Bonchev–Trinajstić information content (AvgIpc) is 2.03. The van der Waals surface area contributed by atoms with Crippen molar-refractivity contribution in [3.8, 4) is 0 Å². The first-order valence-electron chi connectivity index (χ1n) is 4.03. The second-order valence-corrected chi connectivity index (χ2v) is 3.58. The van der Waals surface area contributed by atoms with Crippen molar-refractivity contribution in [3.63, 3.8) is 0 Å². The number of hydrogen-bond acceptors (Lipinski definition) is 2. The number of aliphatic hydroxyl groups is 1. The fraction of sp³-hybridized carbons (Fsp3) is 0.333. The standard InChI is InChI=1S/C9H11BrFNO/c10-7-4-8(11)6-9(5-7)12-2-1-3-13/h4-6,12-13H,1-3H2. The van der Waals surface area contributed by atoms with E-state index in [1.807, 2.05) is 0 Å². The lowest BCUT2D eigenvalue weighted by atomic mass is 10.3. The van der Waals surface area contributed by atoms with Gasteiger partial charge in [-0.2, -0.15) is 0 Å². The molecule has 0 saturated heterocycles. The van der Waals surface area contributed by atoms with Gasteiger partial charge < -0.3 is 10.4 Å². The van der Waals surface area contributed by atoms with Gasteiger partial charge in [0.2, 0.25) is 0 Å². The van der Waals surface area contributed by atoms with E-state index in [1.54, 1.807) is 6.07 Å². The number of anilines is 1. The van der Waals surface area contributed by atoms with Gasteiger partial charge in [-0.05, 0) is 24.6 Å². The molecule has 0 amide bonds. The lowest BCUT2D eigenvalue weighted by Crippen LogP contribution is -2.03. The van der Waals surface area contributed by atoms with E-state index in [2.05, 4.69) is 21.2 Å². The molecular weight excluding hydrogens is 237 g/mol.